The summed E-state index contributed by atoms with van der Waals surface area (Å²) in [4.78, 5) is 7.12. The van der Waals surface area contributed by atoms with Gasteiger partial charge < -0.3 is 10.2 Å². The van der Waals surface area contributed by atoms with Gasteiger partial charge in [-0.25, -0.2) is 0 Å². The summed E-state index contributed by atoms with van der Waals surface area (Å²) >= 11 is 2.11. The Bertz CT molecular complexity index is 393. The second-order valence-electron chi connectivity index (χ2n) is 5.46. The van der Waals surface area contributed by atoms with Gasteiger partial charge in [0.15, 0.2) is 0 Å². The molecule has 1 aliphatic rings. The zero-order valence-electron chi connectivity index (χ0n) is 12.9. The number of anilines is 1. The van der Waals surface area contributed by atoms with Crippen molar-refractivity contribution in [3.8, 4) is 0 Å². The van der Waals surface area contributed by atoms with Crippen molar-refractivity contribution >= 4 is 17.4 Å². The Hall–Kier alpha value is -0.740. The third-order valence-electron chi connectivity index (χ3n) is 3.87. The van der Waals surface area contributed by atoms with Crippen LogP contribution in [0.3, 0.4) is 0 Å². The molecule has 2 unspecified atom stereocenters. The van der Waals surface area contributed by atoms with E-state index in [4.69, 9.17) is 0 Å². The summed E-state index contributed by atoms with van der Waals surface area (Å²) in [6, 6.07) is 4.74. The SMILES string of the molecule is CCCNC(C)c1ccc(N2CCSC(CC)C2)cn1. The van der Waals surface area contributed by atoms with Crippen molar-refractivity contribution in [2.24, 2.45) is 0 Å². The minimum Gasteiger partial charge on any atom is -0.368 e. The molecule has 1 aromatic rings. The molecule has 1 aliphatic heterocycles. The molecular weight excluding hydrogens is 266 g/mol. The first-order chi connectivity index (χ1) is 9.74. The lowest BCUT2D eigenvalue weighted by atomic mass is 10.2. The maximum Gasteiger partial charge on any atom is 0.0572 e. The van der Waals surface area contributed by atoms with E-state index in [0.29, 0.717) is 6.04 Å². The summed E-state index contributed by atoms with van der Waals surface area (Å²) in [5, 5.41) is 4.26. The van der Waals surface area contributed by atoms with Crippen molar-refractivity contribution in [2.45, 2.75) is 44.9 Å². The van der Waals surface area contributed by atoms with E-state index in [-0.39, 0.29) is 0 Å². The van der Waals surface area contributed by atoms with Crippen molar-refractivity contribution < 1.29 is 0 Å². The van der Waals surface area contributed by atoms with Crippen LogP contribution in [0.25, 0.3) is 0 Å². The topological polar surface area (TPSA) is 28.2 Å². The van der Waals surface area contributed by atoms with Gasteiger partial charge in [0.1, 0.15) is 0 Å². The summed E-state index contributed by atoms with van der Waals surface area (Å²) in [5.74, 6) is 1.23. The molecule has 20 heavy (non-hydrogen) atoms. The Kier molecular flexibility index (Phi) is 6.17. The number of hydrogen-bond donors (Lipinski definition) is 1. The smallest absolute Gasteiger partial charge is 0.0572 e. The highest BCUT2D eigenvalue weighted by Crippen LogP contribution is 2.25. The van der Waals surface area contributed by atoms with Crippen LogP contribution in [0.5, 0.6) is 0 Å². The maximum absolute atomic E-state index is 4.65. The van der Waals surface area contributed by atoms with Gasteiger partial charge in [0.05, 0.1) is 17.6 Å². The van der Waals surface area contributed by atoms with E-state index >= 15 is 0 Å². The van der Waals surface area contributed by atoms with E-state index in [1.54, 1.807) is 0 Å². The first-order valence-corrected chi connectivity index (χ1v) is 8.85. The molecule has 1 fully saturated rings. The Morgan fingerprint density at radius 1 is 1.45 bits per heavy atom. The van der Waals surface area contributed by atoms with Gasteiger partial charge in [-0.15, -0.1) is 0 Å². The van der Waals surface area contributed by atoms with Gasteiger partial charge in [-0.2, -0.15) is 11.8 Å². The summed E-state index contributed by atoms with van der Waals surface area (Å²) in [5.41, 5.74) is 2.41. The van der Waals surface area contributed by atoms with Gasteiger partial charge in [-0.3, -0.25) is 4.98 Å². The fourth-order valence-corrected chi connectivity index (χ4v) is 3.69. The minimum absolute atomic E-state index is 0.337. The van der Waals surface area contributed by atoms with E-state index in [1.165, 1.54) is 17.9 Å². The van der Waals surface area contributed by atoms with Crippen molar-refractivity contribution in [3.05, 3.63) is 24.0 Å². The molecule has 1 saturated heterocycles. The van der Waals surface area contributed by atoms with E-state index in [9.17, 15) is 0 Å². The van der Waals surface area contributed by atoms with Crippen LogP contribution in [0.2, 0.25) is 0 Å². The standard InChI is InChI=1S/C16H27N3S/c1-4-8-17-13(3)16-7-6-14(11-18-16)19-9-10-20-15(5-2)12-19/h6-7,11,13,15,17H,4-5,8-10,12H2,1-3H3. The quantitative estimate of drug-likeness (QED) is 0.869. The fraction of sp³-hybridized carbons (Fsp3) is 0.688. The Morgan fingerprint density at radius 3 is 2.95 bits per heavy atom. The van der Waals surface area contributed by atoms with E-state index < -0.39 is 0 Å². The number of thioether (sulfide) groups is 1. The molecule has 2 rings (SSSR count). The molecule has 1 aromatic heterocycles. The third kappa shape index (κ3) is 4.13. The van der Waals surface area contributed by atoms with Gasteiger partial charge in [-0.05, 0) is 38.4 Å². The lowest BCUT2D eigenvalue weighted by molar-refractivity contribution is 0.558. The van der Waals surface area contributed by atoms with Crippen molar-refractivity contribution in [1.29, 1.82) is 0 Å². The number of nitrogens with zero attached hydrogens (tertiary/aromatic N) is 2. The third-order valence-corrected chi connectivity index (χ3v) is 5.25. The van der Waals surface area contributed by atoms with Crippen molar-refractivity contribution in [2.75, 3.05) is 30.3 Å². The van der Waals surface area contributed by atoms with Gasteiger partial charge >= 0.3 is 0 Å². The molecule has 0 radical (unpaired) electrons. The molecule has 1 N–H and O–H groups in total. The molecule has 112 valence electrons. The zero-order chi connectivity index (χ0) is 14.4. The predicted octanol–water partition coefficient (Wildman–Crippen LogP) is 3.47. The number of aromatic nitrogens is 1. The van der Waals surface area contributed by atoms with Crippen molar-refractivity contribution in [3.63, 3.8) is 0 Å². The Morgan fingerprint density at radius 2 is 2.30 bits per heavy atom. The molecule has 3 nitrogen and oxygen atoms in total. The lowest BCUT2D eigenvalue weighted by Crippen LogP contribution is -2.37. The van der Waals surface area contributed by atoms with Gasteiger partial charge in [0.2, 0.25) is 0 Å². The van der Waals surface area contributed by atoms with Crippen LogP contribution < -0.4 is 10.2 Å². The number of hydrogen-bond acceptors (Lipinski definition) is 4. The Balaban J connectivity index is 1.97. The van der Waals surface area contributed by atoms with Crippen LogP contribution in [0.15, 0.2) is 18.3 Å². The first kappa shape index (κ1) is 15.6. The predicted molar refractivity (Wildman–Crippen MR) is 89.7 cm³/mol. The van der Waals surface area contributed by atoms with Crippen LogP contribution in [0, 0.1) is 0 Å². The largest absolute Gasteiger partial charge is 0.368 e. The molecule has 0 amide bonds. The summed E-state index contributed by atoms with van der Waals surface area (Å²) in [6.07, 6.45) is 4.46. The average Bonchev–Trinajstić information content (AvgIpc) is 2.52. The molecule has 0 aromatic carbocycles. The van der Waals surface area contributed by atoms with Gasteiger partial charge in [-0.1, -0.05) is 13.8 Å². The molecule has 4 heteroatoms. The minimum atomic E-state index is 0.337. The van der Waals surface area contributed by atoms with Crippen molar-refractivity contribution in [1.82, 2.24) is 10.3 Å². The Labute approximate surface area is 127 Å². The fourth-order valence-electron chi connectivity index (χ4n) is 2.51. The molecule has 0 aliphatic carbocycles. The van der Waals surface area contributed by atoms with Crippen LogP contribution in [0.4, 0.5) is 5.69 Å². The average molecular weight is 293 g/mol. The summed E-state index contributed by atoms with van der Waals surface area (Å²) in [7, 11) is 0. The second kappa shape index (κ2) is 7.89. The monoisotopic (exact) mass is 293 g/mol. The van der Waals surface area contributed by atoms with Gasteiger partial charge in [0, 0.05) is 30.1 Å². The highest BCUT2D eigenvalue weighted by Gasteiger charge is 2.19. The van der Waals surface area contributed by atoms with Crippen LogP contribution in [-0.2, 0) is 0 Å². The summed E-state index contributed by atoms with van der Waals surface area (Å²) in [6.45, 7) is 10.0. The summed E-state index contributed by atoms with van der Waals surface area (Å²) < 4.78 is 0. The highest BCUT2D eigenvalue weighted by molar-refractivity contribution is 8.00. The molecule has 2 heterocycles. The highest BCUT2D eigenvalue weighted by atomic mass is 32.2. The molecule has 0 bridgehead atoms. The molecule has 0 spiro atoms. The second-order valence-corrected chi connectivity index (χ2v) is 6.87. The number of rotatable bonds is 6. The van der Waals surface area contributed by atoms with Crippen LogP contribution in [-0.4, -0.2) is 35.6 Å². The lowest BCUT2D eigenvalue weighted by Gasteiger charge is -2.33. The van der Waals surface area contributed by atoms with Crippen LogP contribution in [0.1, 0.15) is 45.3 Å². The molecule has 0 saturated carbocycles. The molecular formula is C16H27N3S. The van der Waals surface area contributed by atoms with Crippen LogP contribution >= 0.6 is 11.8 Å². The number of nitrogens with one attached hydrogen (secondary N) is 1. The van der Waals surface area contributed by atoms with Gasteiger partial charge in [0.25, 0.3) is 0 Å². The van der Waals surface area contributed by atoms with E-state index in [2.05, 4.69) is 59.9 Å². The zero-order valence-corrected chi connectivity index (χ0v) is 13.7. The van der Waals surface area contributed by atoms with E-state index in [1.807, 2.05) is 6.20 Å². The molecule has 2 atom stereocenters. The first-order valence-electron chi connectivity index (χ1n) is 7.80. The normalized spacial score (nSPS) is 20.9. The van der Waals surface area contributed by atoms with E-state index in [0.717, 1.165) is 37.0 Å². The number of pyridine rings is 1. The maximum atomic E-state index is 4.65.